The number of hydrogen-bond donors (Lipinski definition) is 1. The number of rotatable bonds is 5. The largest absolute Gasteiger partial charge is 0.483 e. The lowest BCUT2D eigenvalue weighted by atomic mass is 10.2. The Balaban J connectivity index is 1.60. The van der Waals surface area contributed by atoms with Gasteiger partial charge < -0.3 is 15.0 Å². The lowest BCUT2D eigenvalue weighted by Gasteiger charge is -2.18. The summed E-state index contributed by atoms with van der Waals surface area (Å²) in [5.74, 6) is 0.254. The van der Waals surface area contributed by atoms with Crippen LogP contribution in [0.4, 0.5) is 11.4 Å². The molecule has 0 bridgehead atoms. The van der Waals surface area contributed by atoms with Crippen molar-refractivity contribution < 1.29 is 14.3 Å². The zero-order valence-electron chi connectivity index (χ0n) is 13.6. The third-order valence-corrected chi connectivity index (χ3v) is 5.01. The molecule has 2 amide bonds. The van der Waals surface area contributed by atoms with Crippen molar-refractivity contribution in [3.63, 3.8) is 0 Å². The number of anilines is 2. The smallest absolute Gasteiger partial charge is 0.262 e. The van der Waals surface area contributed by atoms with Gasteiger partial charge in [0.05, 0.1) is 15.2 Å². The fourth-order valence-corrected chi connectivity index (χ4v) is 3.72. The fourth-order valence-electron chi connectivity index (χ4n) is 2.64. The Morgan fingerprint density at radius 3 is 2.69 bits per heavy atom. The zero-order valence-corrected chi connectivity index (χ0v) is 16.7. The lowest BCUT2D eigenvalue weighted by Crippen LogP contribution is -2.24. The maximum Gasteiger partial charge on any atom is 0.262 e. The molecule has 1 N–H and O–H groups in total. The van der Waals surface area contributed by atoms with E-state index in [0.29, 0.717) is 44.6 Å². The van der Waals surface area contributed by atoms with Gasteiger partial charge >= 0.3 is 0 Å². The average molecular weight is 458 g/mol. The molecule has 8 heteroatoms. The summed E-state index contributed by atoms with van der Waals surface area (Å²) in [6, 6.07) is 10.1. The molecule has 136 valence electrons. The van der Waals surface area contributed by atoms with E-state index in [2.05, 4.69) is 21.2 Å². The lowest BCUT2D eigenvalue weighted by molar-refractivity contribution is -0.118. The van der Waals surface area contributed by atoms with Gasteiger partial charge in [-0.2, -0.15) is 0 Å². The second-order valence-corrected chi connectivity index (χ2v) is 7.42. The maximum atomic E-state index is 12.1. The van der Waals surface area contributed by atoms with Crippen LogP contribution >= 0.6 is 39.1 Å². The monoisotopic (exact) mass is 456 g/mol. The molecule has 0 spiro atoms. The van der Waals surface area contributed by atoms with Crippen molar-refractivity contribution in [3.8, 4) is 5.75 Å². The minimum absolute atomic E-state index is 0.0608. The van der Waals surface area contributed by atoms with Gasteiger partial charge in [0.2, 0.25) is 5.91 Å². The van der Waals surface area contributed by atoms with Crippen molar-refractivity contribution in [1.82, 2.24) is 0 Å². The molecule has 2 aromatic carbocycles. The topological polar surface area (TPSA) is 58.6 Å². The molecule has 26 heavy (non-hydrogen) atoms. The van der Waals surface area contributed by atoms with Crippen molar-refractivity contribution >= 4 is 62.3 Å². The summed E-state index contributed by atoms with van der Waals surface area (Å²) in [4.78, 5) is 25.6. The van der Waals surface area contributed by atoms with E-state index in [-0.39, 0.29) is 18.4 Å². The molecule has 2 aromatic rings. The van der Waals surface area contributed by atoms with E-state index in [4.69, 9.17) is 27.9 Å². The summed E-state index contributed by atoms with van der Waals surface area (Å²) in [5.41, 5.74) is 1.20. The normalized spacial score (nSPS) is 13.8. The van der Waals surface area contributed by atoms with E-state index >= 15 is 0 Å². The van der Waals surface area contributed by atoms with Crippen LogP contribution in [0.25, 0.3) is 0 Å². The van der Waals surface area contributed by atoms with E-state index in [1.165, 1.54) is 0 Å². The number of benzene rings is 2. The van der Waals surface area contributed by atoms with Crippen LogP contribution in [0.3, 0.4) is 0 Å². The highest BCUT2D eigenvalue weighted by atomic mass is 79.9. The zero-order chi connectivity index (χ0) is 18.7. The van der Waals surface area contributed by atoms with Crippen molar-refractivity contribution in [3.05, 3.63) is 50.9 Å². The molecule has 1 heterocycles. The second kappa shape index (κ2) is 8.29. The third kappa shape index (κ3) is 4.50. The Morgan fingerprint density at radius 2 is 2.04 bits per heavy atom. The van der Waals surface area contributed by atoms with Crippen LogP contribution in [0.1, 0.15) is 12.8 Å². The highest BCUT2D eigenvalue weighted by Gasteiger charge is 2.23. The minimum atomic E-state index is -0.326. The summed E-state index contributed by atoms with van der Waals surface area (Å²) >= 11 is 15.5. The van der Waals surface area contributed by atoms with Crippen molar-refractivity contribution in [1.29, 1.82) is 0 Å². The van der Waals surface area contributed by atoms with Crippen LogP contribution in [0.5, 0.6) is 5.75 Å². The number of carbonyl (C=O) groups is 2. The quantitative estimate of drug-likeness (QED) is 0.694. The number of halogens is 3. The van der Waals surface area contributed by atoms with Gasteiger partial charge in [0.25, 0.3) is 5.91 Å². The first-order valence-corrected chi connectivity index (χ1v) is 9.46. The van der Waals surface area contributed by atoms with E-state index in [1.54, 1.807) is 41.3 Å². The van der Waals surface area contributed by atoms with Gasteiger partial charge in [0.1, 0.15) is 5.75 Å². The molecule has 1 aliphatic heterocycles. The Morgan fingerprint density at radius 1 is 1.23 bits per heavy atom. The number of carbonyl (C=O) groups excluding carboxylic acids is 2. The Hall–Kier alpha value is -1.76. The average Bonchev–Trinajstić information content (AvgIpc) is 3.00. The molecule has 0 aromatic heterocycles. The van der Waals surface area contributed by atoms with E-state index < -0.39 is 0 Å². The highest BCUT2D eigenvalue weighted by Crippen LogP contribution is 2.32. The van der Waals surface area contributed by atoms with Gasteiger partial charge in [-0.05, 0) is 58.7 Å². The molecule has 5 nitrogen and oxygen atoms in total. The van der Waals surface area contributed by atoms with E-state index in [0.717, 1.165) is 6.42 Å². The van der Waals surface area contributed by atoms with Crippen LogP contribution in [0.15, 0.2) is 40.9 Å². The first-order valence-electron chi connectivity index (χ1n) is 7.91. The summed E-state index contributed by atoms with van der Waals surface area (Å²) in [7, 11) is 0. The Bertz CT molecular complexity index is 860. The molecule has 0 radical (unpaired) electrons. The van der Waals surface area contributed by atoms with Gasteiger partial charge in [-0.25, -0.2) is 0 Å². The third-order valence-electron chi connectivity index (χ3n) is 3.85. The number of nitrogens with one attached hydrogen (secondary N) is 1. The van der Waals surface area contributed by atoms with Crippen LogP contribution in [-0.2, 0) is 9.59 Å². The highest BCUT2D eigenvalue weighted by molar-refractivity contribution is 9.10. The van der Waals surface area contributed by atoms with Gasteiger partial charge in [-0.15, -0.1) is 0 Å². The van der Waals surface area contributed by atoms with E-state index in [1.807, 2.05) is 0 Å². The van der Waals surface area contributed by atoms with Gasteiger partial charge in [0, 0.05) is 23.7 Å². The molecule has 0 atom stereocenters. The summed E-state index contributed by atoms with van der Waals surface area (Å²) in [5, 5.41) is 3.71. The number of hydrogen-bond acceptors (Lipinski definition) is 3. The van der Waals surface area contributed by atoms with Gasteiger partial charge in [0.15, 0.2) is 6.61 Å². The standard InChI is InChI=1S/C18H15BrCl2N2O3/c19-13-8-11(20)3-6-16(13)26-10-17(24)22-12-4-5-15(14(21)9-12)23-7-1-2-18(23)25/h3-6,8-9H,1-2,7,10H2,(H,22,24). The summed E-state index contributed by atoms with van der Waals surface area (Å²) < 4.78 is 6.14. The maximum absolute atomic E-state index is 12.1. The van der Waals surface area contributed by atoms with E-state index in [9.17, 15) is 9.59 Å². The molecule has 0 unspecified atom stereocenters. The fraction of sp³-hybridized carbons (Fsp3) is 0.222. The van der Waals surface area contributed by atoms with Crippen molar-refractivity contribution in [2.45, 2.75) is 12.8 Å². The molecule has 1 fully saturated rings. The molecular weight excluding hydrogens is 443 g/mol. The second-order valence-electron chi connectivity index (χ2n) is 5.73. The molecule has 0 aliphatic carbocycles. The predicted molar refractivity (Wildman–Crippen MR) is 106 cm³/mol. The Kier molecular flexibility index (Phi) is 6.06. The first-order chi connectivity index (χ1) is 12.4. The molecular formula is C18H15BrCl2N2O3. The van der Waals surface area contributed by atoms with Crippen LogP contribution < -0.4 is 15.0 Å². The summed E-state index contributed by atoms with van der Waals surface area (Å²) in [6.07, 6.45) is 1.36. The number of amides is 2. The van der Waals surface area contributed by atoms with Crippen LogP contribution in [-0.4, -0.2) is 25.0 Å². The summed E-state index contributed by atoms with van der Waals surface area (Å²) in [6.45, 7) is 0.498. The van der Waals surface area contributed by atoms with Crippen molar-refractivity contribution in [2.75, 3.05) is 23.4 Å². The van der Waals surface area contributed by atoms with Gasteiger partial charge in [-0.3, -0.25) is 9.59 Å². The molecule has 1 saturated heterocycles. The number of nitrogens with zero attached hydrogens (tertiary/aromatic N) is 1. The molecule has 0 saturated carbocycles. The van der Waals surface area contributed by atoms with Crippen molar-refractivity contribution in [2.24, 2.45) is 0 Å². The molecule has 3 rings (SSSR count). The van der Waals surface area contributed by atoms with Crippen LogP contribution in [0.2, 0.25) is 10.0 Å². The SMILES string of the molecule is O=C(COc1ccc(Cl)cc1Br)Nc1ccc(N2CCCC2=O)c(Cl)c1. The first kappa shape index (κ1) is 19.0. The minimum Gasteiger partial charge on any atom is -0.483 e. The Labute approximate surface area is 169 Å². The van der Waals surface area contributed by atoms with Gasteiger partial charge in [-0.1, -0.05) is 23.2 Å². The van der Waals surface area contributed by atoms with Crippen LogP contribution in [0, 0.1) is 0 Å². The molecule has 1 aliphatic rings. The number of ether oxygens (including phenoxy) is 1. The predicted octanol–water partition coefficient (Wildman–Crippen LogP) is 4.90.